The quantitative estimate of drug-likeness (QED) is 0.0300. The smallest absolute Gasteiger partial charge is 0.321 e. The van der Waals surface area contributed by atoms with Gasteiger partial charge in [0, 0.05) is 257 Å². The predicted octanol–water partition coefficient (Wildman–Crippen LogP) is 19.7. The Hall–Kier alpha value is -15.9. The standard InChI is InChI=1S/C12H17N3O.C12H18N2O.C10H12N4O.C10H11N3.C10H10N2S.C9H10N4.2C9H12N2O.C8H13N3.C8H14N2O.C5H7NO/c1-9-7-10(8-11(13-2)14-9)12(16)15-5-3-4-6-15;1-9(2)14(4)12(15)10-6-5-7-11(8-10)13-3;1-11-8-5-3-4-7(6-8)9-13-10(12-2)15-14-9;1-11-9-4-2-3-8(7-9)10-5-6-12-13-10;1-11-9-4-2-3-8(5-9)10-6-13-7-12-10;1-10-8-4-2-3-7(5-8)9-11-6-12-13-9;2*1-10-8-5-3-4-7(6-8)9(12)11-2;1-9-8-5-7(6-3-4-6)10-11(8)2;1-8(2,3)6-5-7(9-4)10-11-6;1-6-5-2-3-7-4-5/h7-8H,3-6H2,1-2H3,(H,13,14);5-9,13H,1-4H3;3-6,11H,1-2H3,(H,12,13,14);2-7,11H,1H3,(H,12,13);2-7,11H,1H3;2-6,9-10H,1H3;2*3-6,10H,1-2H3,(H,11,12);5-6,9H,3-4H2,1-2H3;5H,1-4H3,(H,9,10);2-4,6H,1H3. The number of hydrogen-bond donors (Lipinski definition) is 15. The molecule has 1 aliphatic carbocycles. The van der Waals surface area contributed by atoms with E-state index in [4.69, 9.17) is 13.5 Å². The molecule has 15 N–H and O–H groups in total. The van der Waals surface area contributed by atoms with Gasteiger partial charge in [-0.25, -0.2) is 15.0 Å². The van der Waals surface area contributed by atoms with E-state index in [1.165, 1.54) is 24.9 Å². The number of carbonyl (C=O) groups excluding carboxylic acids is 4. The average Bonchev–Trinajstić information content (AvgIpc) is 1.66. The van der Waals surface area contributed by atoms with Crippen LogP contribution in [0.2, 0.25) is 0 Å². The number of carbonyl (C=O) groups is 4. The van der Waals surface area contributed by atoms with E-state index in [0.29, 0.717) is 23.0 Å². The summed E-state index contributed by atoms with van der Waals surface area (Å²) in [6.07, 6.45) is 11.3. The molecule has 732 valence electrons. The lowest BCUT2D eigenvalue weighted by Crippen LogP contribution is -2.32. The molecular formula is C102H136N28O7S. The number of rotatable bonds is 22. The average molecular weight is 1900 g/mol. The van der Waals surface area contributed by atoms with E-state index in [2.05, 4.69) is 181 Å². The minimum atomic E-state index is -0.145. The van der Waals surface area contributed by atoms with E-state index in [1.54, 1.807) is 80.4 Å². The molecule has 1 unspecified atom stereocenters. The van der Waals surface area contributed by atoms with Crippen LogP contribution in [0.15, 0.2) is 265 Å². The molecule has 35 nitrogen and oxygen atoms in total. The monoisotopic (exact) mass is 1900 g/mol. The fourth-order valence-corrected chi connectivity index (χ4v) is 13.1. The van der Waals surface area contributed by atoms with Crippen LogP contribution in [0.25, 0.3) is 33.9 Å². The summed E-state index contributed by atoms with van der Waals surface area (Å²) in [5.41, 5.74) is 21.3. The molecule has 17 rings (SSSR count). The number of nitrogens with zero attached hydrogens (tertiary/aromatic N) is 13. The number of hydrogen-bond acceptors (Lipinski definition) is 30. The highest BCUT2D eigenvalue weighted by Crippen LogP contribution is 2.40. The number of aromatic nitrogens is 9. The Balaban J connectivity index is 0.000000207. The Kier molecular flexibility index (Phi) is 46.1. The van der Waals surface area contributed by atoms with Crippen molar-refractivity contribution in [1.29, 1.82) is 0 Å². The van der Waals surface area contributed by atoms with E-state index in [0.717, 1.165) is 151 Å². The zero-order valence-corrected chi connectivity index (χ0v) is 84.0. The summed E-state index contributed by atoms with van der Waals surface area (Å²) in [5.74, 6) is 4.94. The minimum absolute atomic E-state index is 0.0437. The zero-order valence-electron chi connectivity index (χ0n) is 83.1. The molecule has 2 fully saturated rings. The van der Waals surface area contributed by atoms with Gasteiger partial charge in [-0.1, -0.05) is 97.8 Å². The number of nitrogens with one attached hydrogen (secondary N) is 15. The van der Waals surface area contributed by atoms with E-state index in [-0.39, 0.29) is 41.3 Å². The Labute approximate surface area is 814 Å². The summed E-state index contributed by atoms with van der Waals surface area (Å²) in [4.78, 5) is 66.8. The highest BCUT2D eigenvalue weighted by atomic mass is 32.1. The number of H-pyrrole nitrogens is 1. The molecule has 0 radical (unpaired) electrons. The van der Waals surface area contributed by atoms with Crippen LogP contribution in [0.3, 0.4) is 0 Å². The van der Waals surface area contributed by atoms with Gasteiger partial charge in [0.1, 0.15) is 30.0 Å². The lowest BCUT2D eigenvalue weighted by Gasteiger charge is -2.21. The Bertz CT molecular complexity index is 5830. The fraction of sp³-hybridized carbons (Fsp3) is 0.314. The van der Waals surface area contributed by atoms with Crippen LogP contribution >= 0.6 is 11.3 Å². The molecule has 2 aliphatic heterocycles. The van der Waals surface area contributed by atoms with Crippen molar-refractivity contribution < 1.29 is 32.6 Å². The maximum absolute atomic E-state index is 12.1. The number of pyridine rings is 1. The van der Waals surface area contributed by atoms with Gasteiger partial charge in [0.15, 0.2) is 12.0 Å². The SMILES string of the molecule is CNC(=O)c1cccc(NC)c1.CNC(=O)c1cccc(NC)c1.CNc1cc(C(=O)N2CCCC2)cc(C)n1.CNc1cc(C(C)(C)C)on1.CNc1cc(C2CC2)nn1C.CNc1cccc(-c2ccn[nH]2)c1.CNc1cccc(-c2cscn2)c1.CNc1cccc(-c2noc(NC)n2)c1.CNc1cccc(C(=O)N(C)C(C)C)c1.CNc1cccc(C2N=CN=N2)c1.CNc1ccoc1. The van der Waals surface area contributed by atoms with Crippen LogP contribution in [0, 0.1) is 6.92 Å². The van der Waals surface area contributed by atoms with Gasteiger partial charge in [0.05, 0.1) is 34.5 Å². The topological polar surface area (TPSA) is 431 Å². The summed E-state index contributed by atoms with van der Waals surface area (Å²) >= 11 is 1.62. The van der Waals surface area contributed by atoms with E-state index >= 15 is 0 Å². The van der Waals surface area contributed by atoms with Crippen molar-refractivity contribution in [3.8, 4) is 33.9 Å². The Morgan fingerprint density at radius 1 is 0.522 bits per heavy atom. The minimum Gasteiger partial charge on any atom is -0.470 e. The molecule has 1 atom stereocenters. The highest BCUT2D eigenvalue weighted by Gasteiger charge is 2.27. The van der Waals surface area contributed by atoms with Gasteiger partial charge in [-0.3, -0.25) is 29.0 Å². The molecule has 14 aromatic rings. The molecule has 138 heavy (non-hydrogen) atoms. The van der Waals surface area contributed by atoms with Crippen molar-refractivity contribution in [2.75, 3.05) is 183 Å². The summed E-state index contributed by atoms with van der Waals surface area (Å²) in [5, 5.41) is 69.7. The van der Waals surface area contributed by atoms with Gasteiger partial charge in [0.2, 0.25) is 5.82 Å². The maximum Gasteiger partial charge on any atom is 0.321 e. The number of benzene rings is 7. The molecule has 0 spiro atoms. The van der Waals surface area contributed by atoms with Gasteiger partial charge in [0.25, 0.3) is 23.6 Å². The summed E-state index contributed by atoms with van der Waals surface area (Å²) in [7, 11) is 29.2. The van der Waals surface area contributed by atoms with Crippen molar-refractivity contribution >= 4 is 110 Å². The van der Waals surface area contributed by atoms with Crippen molar-refractivity contribution in [3.63, 3.8) is 0 Å². The largest absolute Gasteiger partial charge is 0.470 e. The molecule has 1 saturated carbocycles. The van der Waals surface area contributed by atoms with Crippen LogP contribution in [0.4, 0.5) is 69.0 Å². The van der Waals surface area contributed by atoms with Crippen LogP contribution in [0.1, 0.15) is 137 Å². The van der Waals surface area contributed by atoms with Gasteiger partial charge in [-0.05, 0) is 174 Å². The molecule has 4 amide bonds. The first-order valence-corrected chi connectivity index (χ1v) is 46.1. The van der Waals surface area contributed by atoms with E-state index < -0.39 is 0 Å². The molecule has 7 aromatic carbocycles. The van der Waals surface area contributed by atoms with Crippen molar-refractivity contribution in [2.45, 2.75) is 90.8 Å². The van der Waals surface area contributed by atoms with Crippen LogP contribution in [-0.2, 0) is 12.5 Å². The molecule has 9 heterocycles. The van der Waals surface area contributed by atoms with Crippen molar-refractivity contribution in [2.24, 2.45) is 22.3 Å². The van der Waals surface area contributed by atoms with Gasteiger partial charge < -0.3 is 97.7 Å². The van der Waals surface area contributed by atoms with Gasteiger partial charge >= 0.3 is 6.01 Å². The number of thiazole rings is 1. The summed E-state index contributed by atoms with van der Waals surface area (Å²) in [6.45, 7) is 13.9. The van der Waals surface area contributed by atoms with Gasteiger partial charge in [-0.15, -0.1) is 16.5 Å². The summed E-state index contributed by atoms with van der Waals surface area (Å²) < 4.78 is 16.7. The first kappa shape index (κ1) is 109. The number of aliphatic imine (C=N–C) groups is 1. The number of azo groups is 1. The third-order valence-electron chi connectivity index (χ3n) is 20.9. The first-order valence-electron chi connectivity index (χ1n) is 45.1. The van der Waals surface area contributed by atoms with E-state index in [9.17, 15) is 19.2 Å². The second kappa shape index (κ2) is 58.3. The maximum atomic E-state index is 12.1. The number of anilines is 12. The molecule has 1 saturated heterocycles. The number of aryl methyl sites for hydroxylation is 2. The first-order chi connectivity index (χ1) is 66.6. The van der Waals surface area contributed by atoms with Crippen LogP contribution in [0.5, 0.6) is 0 Å². The Morgan fingerprint density at radius 2 is 1.04 bits per heavy atom. The van der Waals surface area contributed by atoms with Crippen LogP contribution < -0.4 is 74.4 Å². The lowest BCUT2D eigenvalue weighted by atomic mass is 9.93. The zero-order chi connectivity index (χ0) is 100. The number of amides is 4. The van der Waals surface area contributed by atoms with Crippen molar-refractivity contribution in [1.82, 2.24) is 65.7 Å². The number of furan rings is 1. The van der Waals surface area contributed by atoms with Crippen molar-refractivity contribution in [3.05, 3.63) is 281 Å². The van der Waals surface area contributed by atoms with Crippen LogP contribution in [-0.4, -0.2) is 210 Å². The highest BCUT2D eigenvalue weighted by molar-refractivity contribution is 7.07. The Morgan fingerprint density at radius 3 is 1.49 bits per heavy atom. The number of likely N-dealkylation sites (tertiary alicyclic amines) is 1. The number of aromatic amines is 1. The second-order valence-corrected chi connectivity index (χ2v) is 32.7. The third-order valence-corrected chi connectivity index (χ3v) is 21.5. The normalized spacial score (nSPS) is 12.0. The molecular weight excluding hydrogens is 1760 g/mol. The third kappa shape index (κ3) is 36.5. The molecule has 3 aliphatic rings. The molecule has 0 bridgehead atoms. The lowest BCUT2D eigenvalue weighted by molar-refractivity contribution is 0.0753. The van der Waals surface area contributed by atoms with E-state index in [1.807, 2.05) is 285 Å². The molecule has 7 aromatic heterocycles. The molecule has 36 heteroatoms. The predicted molar refractivity (Wildman–Crippen MR) is 565 cm³/mol. The second-order valence-electron chi connectivity index (χ2n) is 32.0. The fourth-order valence-electron chi connectivity index (χ4n) is 12.6. The van der Waals surface area contributed by atoms with Gasteiger partial charge in [-0.2, -0.15) is 20.3 Å². The summed E-state index contributed by atoms with van der Waals surface area (Å²) in [6, 6.07) is 66.5.